The molecule has 35 heavy (non-hydrogen) atoms. The Hall–Kier alpha value is -0.930. The van der Waals surface area contributed by atoms with Crippen molar-refractivity contribution in [3.8, 4) is 0 Å². The summed E-state index contributed by atoms with van der Waals surface area (Å²) in [6.07, 6.45) is 8.55. The van der Waals surface area contributed by atoms with Gasteiger partial charge >= 0.3 is 0 Å². The van der Waals surface area contributed by atoms with Crippen LogP contribution in [0, 0.1) is 5.92 Å². The molecule has 9 heteroatoms. The number of likely N-dealkylation sites (tertiary alicyclic amines) is 1. The van der Waals surface area contributed by atoms with Crippen LogP contribution in [0.2, 0.25) is 0 Å². The highest BCUT2D eigenvalue weighted by atomic mass is 35.5. The van der Waals surface area contributed by atoms with Gasteiger partial charge in [0.05, 0.1) is 6.04 Å². The Morgan fingerprint density at radius 3 is 2.51 bits per heavy atom. The molecule has 3 fully saturated rings. The molecule has 1 aromatic rings. The average Bonchev–Trinajstić information content (AvgIpc) is 3.41. The maximum atomic E-state index is 13.2. The quantitative estimate of drug-likeness (QED) is 0.421. The Labute approximate surface area is 225 Å². The van der Waals surface area contributed by atoms with Crippen molar-refractivity contribution < 1.29 is 9.59 Å². The maximum Gasteiger partial charge on any atom is 0.243 e. The van der Waals surface area contributed by atoms with Crippen molar-refractivity contribution in [3.63, 3.8) is 0 Å². The summed E-state index contributed by atoms with van der Waals surface area (Å²) in [7, 11) is 0. The van der Waals surface area contributed by atoms with Gasteiger partial charge in [-0.2, -0.15) is 11.8 Å². The van der Waals surface area contributed by atoms with Crippen LogP contribution in [0.5, 0.6) is 0 Å². The molecule has 0 aromatic heterocycles. The molecule has 2 heterocycles. The number of hydrogen-bond acceptors (Lipinski definition) is 6. The molecule has 1 saturated carbocycles. The van der Waals surface area contributed by atoms with Crippen molar-refractivity contribution in [1.82, 2.24) is 20.9 Å². The Balaban J connectivity index is 0.00000342. The number of carbonyl (C=O) groups is 2. The molecule has 196 valence electrons. The molecule has 0 bridgehead atoms. The molecule has 0 radical (unpaired) electrons. The SMILES string of the molecule is Cl.O=C(N[C@@H](CSCC1CCCCC1)C(=O)NC1CCN(Cc2ccccc2)CC1)[C@@H]1CSCN1. The van der Waals surface area contributed by atoms with Crippen molar-refractivity contribution in [2.24, 2.45) is 5.92 Å². The van der Waals surface area contributed by atoms with Crippen LogP contribution in [0.3, 0.4) is 0 Å². The zero-order valence-electron chi connectivity index (χ0n) is 20.6. The molecule has 2 saturated heterocycles. The highest BCUT2D eigenvalue weighted by Crippen LogP contribution is 2.27. The maximum absolute atomic E-state index is 13.2. The monoisotopic (exact) mass is 540 g/mol. The van der Waals surface area contributed by atoms with Gasteiger partial charge in [-0.25, -0.2) is 0 Å². The van der Waals surface area contributed by atoms with Crippen LogP contribution in [0.15, 0.2) is 30.3 Å². The van der Waals surface area contributed by atoms with Crippen LogP contribution in [-0.2, 0) is 16.1 Å². The Morgan fingerprint density at radius 2 is 1.83 bits per heavy atom. The van der Waals surface area contributed by atoms with E-state index < -0.39 is 6.04 Å². The summed E-state index contributed by atoms with van der Waals surface area (Å²) in [6, 6.07) is 10.1. The zero-order chi connectivity index (χ0) is 23.6. The average molecular weight is 541 g/mol. The van der Waals surface area contributed by atoms with Crippen molar-refractivity contribution in [2.45, 2.75) is 69.6 Å². The number of rotatable bonds is 10. The van der Waals surface area contributed by atoms with E-state index in [0.29, 0.717) is 5.75 Å². The molecular formula is C26H41ClN4O2S2. The molecule has 2 atom stereocenters. The third-order valence-electron chi connectivity index (χ3n) is 7.21. The van der Waals surface area contributed by atoms with Gasteiger partial charge in [0.2, 0.25) is 11.8 Å². The topological polar surface area (TPSA) is 73.5 Å². The molecule has 0 unspecified atom stereocenters. The van der Waals surface area contributed by atoms with E-state index in [0.717, 1.165) is 55.8 Å². The minimum absolute atomic E-state index is 0. The van der Waals surface area contributed by atoms with Crippen LogP contribution in [0.25, 0.3) is 0 Å². The first-order valence-corrected chi connectivity index (χ1v) is 15.2. The lowest BCUT2D eigenvalue weighted by Crippen LogP contribution is -2.55. The van der Waals surface area contributed by atoms with Crippen molar-refractivity contribution >= 4 is 47.7 Å². The summed E-state index contributed by atoms with van der Waals surface area (Å²) in [5, 5.41) is 9.56. The molecule has 1 aliphatic carbocycles. The lowest BCUT2D eigenvalue weighted by Gasteiger charge is -2.33. The van der Waals surface area contributed by atoms with Gasteiger partial charge < -0.3 is 10.6 Å². The first-order chi connectivity index (χ1) is 16.7. The molecule has 6 nitrogen and oxygen atoms in total. The normalized spacial score (nSPS) is 22.8. The molecule has 3 N–H and O–H groups in total. The number of halogens is 1. The summed E-state index contributed by atoms with van der Waals surface area (Å²) in [6.45, 7) is 2.93. The summed E-state index contributed by atoms with van der Waals surface area (Å²) >= 11 is 3.56. The first-order valence-electron chi connectivity index (χ1n) is 12.9. The fraction of sp³-hybridized carbons (Fsp3) is 0.692. The van der Waals surface area contributed by atoms with Crippen molar-refractivity contribution in [3.05, 3.63) is 35.9 Å². The number of benzene rings is 1. The van der Waals surface area contributed by atoms with E-state index in [-0.39, 0.29) is 36.3 Å². The molecule has 0 spiro atoms. The predicted octanol–water partition coefficient (Wildman–Crippen LogP) is 3.65. The summed E-state index contributed by atoms with van der Waals surface area (Å²) < 4.78 is 0. The number of thioether (sulfide) groups is 2. The standard InChI is InChI=1S/C26H40N4O2S2.ClH/c31-25(23-17-34-19-27-23)29-24(18-33-16-21-9-5-2-6-10-21)26(32)28-22-11-13-30(14-12-22)15-20-7-3-1-4-8-20;/h1,3-4,7-8,21-24,27H,2,5-6,9-19H2,(H,28,32)(H,29,31);1H/t23-,24-;/m0./s1. The second-order valence-electron chi connectivity index (χ2n) is 9.92. The Morgan fingerprint density at radius 1 is 1.09 bits per heavy atom. The van der Waals surface area contributed by atoms with Gasteiger partial charge in [0, 0.05) is 43.1 Å². The minimum atomic E-state index is -0.462. The first kappa shape index (κ1) is 28.6. The van der Waals surface area contributed by atoms with E-state index in [1.54, 1.807) is 11.8 Å². The lowest BCUT2D eigenvalue weighted by molar-refractivity contribution is -0.129. The summed E-state index contributed by atoms with van der Waals surface area (Å²) in [4.78, 5) is 28.4. The molecule has 2 aliphatic heterocycles. The molecule has 2 amide bonds. The second-order valence-corrected chi connectivity index (χ2v) is 12.0. The smallest absolute Gasteiger partial charge is 0.243 e. The van der Waals surface area contributed by atoms with Crippen LogP contribution >= 0.6 is 35.9 Å². The van der Waals surface area contributed by atoms with E-state index in [2.05, 4.69) is 51.2 Å². The van der Waals surface area contributed by atoms with Gasteiger partial charge in [-0.05, 0) is 42.9 Å². The highest BCUT2D eigenvalue weighted by molar-refractivity contribution is 7.99. The number of piperidine rings is 1. The van der Waals surface area contributed by atoms with Gasteiger partial charge in [0.1, 0.15) is 6.04 Å². The van der Waals surface area contributed by atoms with E-state index >= 15 is 0 Å². The van der Waals surface area contributed by atoms with Crippen LogP contribution in [0.4, 0.5) is 0 Å². The van der Waals surface area contributed by atoms with Gasteiger partial charge in [-0.1, -0.05) is 49.6 Å². The summed E-state index contributed by atoms with van der Waals surface area (Å²) in [5.74, 6) is 4.02. The minimum Gasteiger partial charge on any atom is -0.351 e. The molecule has 1 aromatic carbocycles. The highest BCUT2D eigenvalue weighted by Gasteiger charge is 2.30. The predicted molar refractivity (Wildman–Crippen MR) is 150 cm³/mol. The number of carbonyl (C=O) groups excluding carboxylic acids is 2. The van der Waals surface area contributed by atoms with Crippen LogP contribution < -0.4 is 16.0 Å². The van der Waals surface area contributed by atoms with E-state index in [4.69, 9.17) is 0 Å². The summed E-state index contributed by atoms with van der Waals surface area (Å²) in [5.41, 5.74) is 1.33. The van der Waals surface area contributed by atoms with E-state index in [9.17, 15) is 9.59 Å². The molecule has 3 aliphatic rings. The van der Waals surface area contributed by atoms with Gasteiger partial charge in [0.25, 0.3) is 0 Å². The van der Waals surface area contributed by atoms with E-state index in [1.807, 2.05) is 11.8 Å². The molecular weight excluding hydrogens is 500 g/mol. The number of nitrogens with zero attached hydrogens (tertiary/aromatic N) is 1. The fourth-order valence-electron chi connectivity index (χ4n) is 5.10. The fourth-order valence-corrected chi connectivity index (χ4v) is 7.32. The third kappa shape index (κ3) is 9.47. The van der Waals surface area contributed by atoms with Gasteiger partial charge in [-0.3, -0.25) is 19.8 Å². The third-order valence-corrected chi connectivity index (χ3v) is 9.43. The zero-order valence-corrected chi connectivity index (χ0v) is 23.0. The number of hydrogen-bond donors (Lipinski definition) is 3. The second kappa shape index (κ2) is 15.4. The van der Waals surface area contributed by atoms with Crippen LogP contribution in [0.1, 0.15) is 50.5 Å². The molecule has 4 rings (SSSR count). The van der Waals surface area contributed by atoms with Gasteiger partial charge in [0.15, 0.2) is 0 Å². The number of nitrogens with one attached hydrogen (secondary N) is 3. The van der Waals surface area contributed by atoms with E-state index in [1.165, 1.54) is 37.7 Å². The van der Waals surface area contributed by atoms with Crippen molar-refractivity contribution in [1.29, 1.82) is 0 Å². The van der Waals surface area contributed by atoms with Gasteiger partial charge in [-0.15, -0.1) is 24.2 Å². The van der Waals surface area contributed by atoms with Crippen molar-refractivity contribution in [2.75, 3.05) is 36.2 Å². The Bertz CT molecular complexity index is 768. The number of amides is 2. The lowest BCUT2D eigenvalue weighted by atomic mass is 9.91. The largest absolute Gasteiger partial charge is 0.351 e. The Kier molecular flexibility index (Phi) is 12.6. The van der Waals surface area contributed by atoms with Crippen LogP contribution in [-0.4, -0.2) is 71.1 Å².